The summed E-state index contributed by atoms with van der Waals surface area (Å²) in [5.41, 5.74) is 0.457. The number of nitrogens with zero attached hydrogens (tertiary/aromatic N) is 2. The lowest BCUT2D eigenvalue weighted by atomic mass is 10.2. The van der Waals surface area contributed by atoms with E-state index >= 15 is 0 Å². The molecule has 28 heavy (non-hydrogen) atoms. The van der Waals surface area contributed by atoms with Crippen molar-refractivity contribution in [3.05, 3.63) is 24.3 Å². The van der Waals surface area contributed by atoms with Crippen LogP contribution in [0.1, 0.15) is 52.4 Å². The van der Waals surface area contributed by atoms with Crippen LogP contribution in [0.15, 0.2) is 29.2 Å². The van der Waals surface area contributed by atoms with Crippen molar-refractivity contribution in [2.75, 3.05) is 31.5 Å². The van der Waals surface area contributed by atoms with Crippen LogP contribution >= 0.6 is 0 Å². The SMILES string of the molecule is CCN(CC)C(=O)CCCC(=O)Nc1cccc(S(=O)(=O)N2CCCCC2)c1. The number of anilines is 1. The van der Waals surface area contributed by atoms with Gasteiger partial charge in [-0.2, -0.15) is 4.31 Å². The molecule has 1 aliphatic heterocycles. The molecule has 1 heterocycles. The van der Waals surface area contributed by atoms with Gasteiger partial charge < -0.3 is 10.2 Å². The van der Waals surface area contributed by atoms with Gasteiger partial charge in [0.2, 0.25) is 21.8 Å². The van der Waals surface area contributed by atoms with Gasteiger partial charge in [-0.3, -0.25) is 9.59 Å². The van der Waals surface area contributed by atoms with Crippen molar-refractivity contribution in [2.45, 2.75) is 57.3 Å². The molecule has 156 valence electrons. The highest BCUT2D eigenvalue weighted by Crippen LogP contribution is 2.23. The number of rotatable bonds is 9. The van der Waals surface area contributed by atoms with Gasteiger partial charge in [0, 0.05) is 44.7 Å². The van der Waals surface area contributed by atoms with Crippen molar-refractivity contribution in [3.8, 4) is 0 Å². The Labute approximate surface area is 168 Å². The summed E-state index contributed by atoms with van der Waals surface area (Å²) in [7, 11) is -3.53. The van der Waals surface area contributed by atoms with E-state index in [1.807, 2.05) is 13.8 Å². The molecular formula is C20H31N3O4S. The van der Waals surface area contributed by atoms with E-state index < -0.39 is 10.0 Å². The molecule has 1 aromatic rings. The first-order valence-electron chi connectivity index (χ1n) is 10.1. The Morgan fingerprint density at radius 1 is 1.07 bits per heavy atom. The molecule has 2 rings (SSSR count). The molecule has 0 unspecified atom stereocenters. The van der Waals surface area contributed by atoms with Crippen molar-refractivity contribution in [2.24, 2.45) is 0 Å². The van der Waals surface area contributed by atoms with Crippen LogP contribution in [-0.4, -0.2) is 55.6 Å². The van der Waals surface area contributed by atoms with E-state index in [4.69, 9.17) is 0 Å². The van der Waals surface area contributed by atoms with Gasteiger partial charge in [-0.25, -0.2) is 8.42 Å². The minimum atomic E-state index is -3.53. The zero-order valence-corrected chi connectivity index (χ0v) is 17.6. The van der Waals surface area contributed by atoms with Gasteiger partial charge in [0.05, 0.1) is 4.90 Å². The first-order chi connectivity index (χ1) is 13.4. The molecule has 0 aliphatic carbocycles. The van der Waals surface area contributed by atoms with Gasteiger partial charge in [-0.05, 0) is 51.3 Å². The Morgan fingerprint density at radius 2 is 1.75 bits per heavy atom. The van der Waals surface area contributed by atoms with E-state index in [0.29, 0.717) is 44.7 Å². The summed E-state index contributed by atoms with van der Waals surface area (Å²) in [4.78, 5) is 26.1. The zero-order chi connectivity index (χ0) is 20.6. The molecule has 1 aliphatic rings. The molecule has 8 heteroatoms. The maximum absolute atomic E-state index is 12.8. The largest absolute Gasteiger partial charge is 0.343 e. The van der Waals surface area contributed by atoms with Crippen LogP contribution in [0, 0.1) is 0 Å². The minimum Gasteiger partial charge on any atom is -0.343 e. The third kappa shape index (κ3) is 6.04. The molecule has 1 aromatic carbocycles. The fourth-order valence-corrected chi connectivity index (χ4v) is 4.91. The summed E-state index contributed by atoms with van der Waals surface area (Å²) in [5, 5.41) is 2.74. The highest BCUT2D eigenvalue weighted by atomic mass is 32.2. The van der Waals surface area contributed by atoms with E-state index in [-0.39, 0.29) is 23.1 Å². The predicted molar refractivity (Wildman–Crippen MR) is 109 cm³/mol. The standard InChI is InChI=1S/C20H31N3O4S/c1-3-22(4-2)20(25)13-9-12-19(24)21-17-10-8-11-18(16-17)28(26,27)23-14-6-5-7-15-23/h8,10-11,16H,3-7,9,12-15H2,1-2H3,(H,21,24). The lowest BCUT2D eigenvalue weighted by Crippen LogP contribution is -2.35. The molecule has 0 spiro atoms. The number of sulfonamides is 1. The number of carbonyl (C=O) groups excluding carboxylic acids is 2. The van der Waals surface area contributed by atoms with Crippen LogP contribution in [0.4, 0.5) is 5.69 Å². The molecular weight excluding hydrogens is 378 g/mol. The Hall–Kier alpha value is -1.93. The van der Waals surface area contributed by atoms with Crippen molar-refractivity contribution >= 4 is 27.5 Å². The Balaban J connectivity index is 1.91. The number of piperidine rings is 1. The van der Waals surface area contributed by atoms with Crippen molar-refractivity contribution < 1.29 is 18.0 Å². The second-order valence-corrected chi connectivity index (χ2v) is 8.90. The summed E-state index contributed by atoms with van der Waals surface area (Å²) >= 11 is 0. The van der Waals surface area contributed by atoms with Crippen molar-refractivity contribution in [1.82, 2.24) is 9.21 Å². The normalized spacial score (nSPS) is 15.2. The summed E-state index contributed by atoms with van der Waals surface area (Å²) in [6.45, 7) is 6.27. The molecule has 0 radical (unpaired) electrons. The van der Waals surface area contributed by atoms with Gasteiger partial charge in [0.1, 0.15) is 0 Å². The zero-order valence-electron chi connectivity index (χ0n) is 16.8. The van der Waals surface area contributed by atoms with E-state index in [9.17, 15) is 18.0 Å². The molecule has 0 bridgehead atoms. The summed E-state index contributed by atoms with van der Waals surface area (Å²) in [5.74, 6) is -0.174. The first kappa shape index (κ1) is 22.4. The number of hydrogen-bond acceptors (Lipinski definition) is 4. The molecule has 2 amide bonds. The molecule has 7 nitrogen and oxygen atoms in total. The number of benzene rings is 1. The van der Waals surface area contributed by atoms with Crippen LogP contribution in [0.25, 0.3) is 0 Å². The highest BCUT2D eigenvalue weighted by Gasteiger charge is 2.26. The van der Waals surface area contributed by atoms with Crippen molar-refractivity contribution in [1.29, 1.82) is 0 Å². The van der Waals surface area contributed by atoms with Gasteiger partial charge in [0.15, 0.2) is 0 Å². The van der Waals surface area contributed by atoms with Crippen LogP contribution in [0.2, 0.25) is 0 Å². The molecule has 1 saturated heterocycles. The maximum atomic E-state index is 12.8. The maximum Gasteiger partial charge on any atom is 0.243 e. The van der Waals surface area contributed by atoms with Gasteiger partial charge >= 0.3 is 0 Å². The Bertz CT molecular complexity index is 769. The second kappa shape index (κ2) is 10.6. The minimum absolute atomic E-state index is 0.0485. The van der Waals surface area contributed by atoms with Gasteiger partial charge in [-0.15, -0.1) is 0 Å². The Kier molecular flexibility index (Phi) is 8.44. The lowest BCUT2D eigenvalue weighted by Gasteiger charge is -2.26. The predicted octanol–water partition coefficient (Wildman–Crippen LogP) is 2.84. The smallest absolute Gasteiger partial charge is 0.243 e. The van der Waals surface area contributed by atoms with E-state index in [1.54, 1.807) is 23.1 Å². The van der Waals surface area contributed by atoms with Crippen LogP contribution in [0.5, 0.6) is 0 Å². The highest BCUT2D eigenvalue weighted by molar-refractivity contribution is 7.89. The monoisotopic (exact) mass is 409 g/mol. The first-order valence-corrected chi connectivity index (χ1v) is 11.5. The molecule has 1 fully saturated rings. The van der Waals surface area contributed by atoms with Gasteiger partial charge in [0.25, 0.3) is 0 Å². The van der Waals surface area contributed by atoms with E-state index in [2.05, 4.69) is 5.32 Å². The third-order valence-corrected chi connectivity index (χ3v) is 6.88. The van der Waals surface area contributed by atoms with E-state index in [1.165, 1.54) is 10.4 Å². The molecule has 0 aromatic heterocycles. The second-order valence-electron chi connectivity index (χ2n) is 6.96. The Morgan fingerprint density at radius 3 is 2.39 bits per heavy atom. The fraction of sp³-hybridized carbons (Fsp3) is 0.600. The molecule has 0 saturated carbocycles. The summed E-state index contributed by atoms with van der Waals surface area (Å²) in [6.07, 6.45) is 3.82. The number of carbonyl (C=O) groups is 2. The summed E-state index contributed by atoms with van der Waals surface area (Å²) in [6, 6.07) is 6.37. The van der Waals surface area contributed by atoms with Crippen LogP contribution < -0.4 is 5.32 Å². The van der Waals surface area contributed by atoms with Crippen LogP contribution in [0.3, 0.4) is 0 Å². The average Bonchev–Trinajstić information content (AvgIpc) is 2.70. The van der Waals surface area contributed by atoms with Crippen molar-refractivity contribution in [3.63, 3.8) is 0 Å². The average molecular weight is 410 g/mol. The third-order valence-electron chi connectivity index (χ3n) is 4.98. The lowest BCUT2D eigenvalue weighted by molar-refractivity contribution is -0.131. The molecule has 1 N–H and O–H groups in total. The number of hydrogen-bond donors (Lipinski definition) is 1. The number of nitrogens with one attached hydrogen (secondary N) is 1. The fourth-order valence-electron chi connectivity index (χ4n) is 3.35. The quantitative estimate of drug-likeness (QED) is 0.679. The van der Waals surface area contributed by atoms with Crippen LogP contribution in [-0.2, 0) is 19.6 Å². The number of amides is 2. The summed E-state index contributed by atoms with van der Waals surface area (Å²) < 4.78 is 27.0. The van der Waals surface area contributed by atoms with E-state index in [0.717, 1.165) is 19.3 Å². The topological polar surface area (TPSA) is 86.8 Å². The van der Waals surface area contributed by atoms with Gasteiger partial charge in [-0.1, -0.05) is 12.5 Å². The molecule has 0 atom stereocenters.